The van der Waals surface area contributed by atoms with Gasteiger partial charge in [0.25, 0.3) is 5.91 Å². The van der Waals surface area contributed by atoms with Crippen molar-refractivity contribution < 1.29 is 14.0 Å². The molecule has 1 aromatic heterocycles. The highest BCUT2D eigenvalue weighted by molar-refractivity contribution is 5.97. The fourth-order valence-electron chi connectivity index (χ4n) is 4.73. The second-order valence-corrected chi connectivity index (χ2v) is 8.79. The van der Waals surface area contributed by atoms with Crippen LogP contribution in [0.15, 0.2) is 72.1 Å². The summed E-state index contributed by atoms with van der Waals surface area (Å²) in [7, 11) is 0. The normalized spacial score (nSPS) is 17.6. The van der Waals surface area contributed by atoms with Gasteiger partial charge in [0.05, 0.1) is 11.8 Å². The monoisotopic (exact) mass is 474 g/mol. The van der Waals surface area contributed by atoms with Crippen LogP contribution in [0.25, 0.3) is 0 Å². The van der Waals surface area contributed by atoms with E-state index in [9.17, 15) is 14.0 Å². The first kappa shape index (κ1) is 22.6. The molecule has 1 unspecified atom stereocenters. The van der Waals surface area contributed by atoms with Gasteiger partial charge in [-0.3, -0.25) is 9.59 Å². The molecule has 180 valence electrons. The number of nitrogens with zero attached hydrogens (tertiary/aromatic N) is 4. The number of hydrogen-bond donors (Lipinski definition) is 2. The van der Waals surface area contributed by atoms with Crippen molar-refractivity contribution in [1.29, 1.82) is 0 Å². The Balaban J connectivity index is 1.39. The van der Waals surface area contributed by atoms with Gasteiger partial charge in [-0.05, 0) is 48.9 Å². The molecule has 2 aliphatic heterocycles. The number of benzene rings is 2. The highest BCUT2D eigenvalue weighted by Crippen LogP contribution is 2.37. The minimum atomic E-state index is -0.393. The van der Waals surface area contributed by atoms with Crippen LogP contribution in [0.5, 0.6) is 0 Å². The maximum atomic E-state index is 13.8. The number of carbonyl (C=O) groups is 2. The van der Waals surface area contributed by atoms with Gasteiger partial charge in [0, 0.05) is 56.2 Å². The van der Waals surface area contributed by atoms with Gasteiger partial charge in [0.2, 0.25) is 5.91 Å². The van der Waals surface area contributed by atoms with Crippen LogP contribution in [-0.4, -0.2) is 52.7 Å². The zero-order chi connectivity index (χ0) is 24.5. The van der Waals surface area contributed by atoms with E-state index in [4.69, 9.17) is 0 Å². The molecule has 3 aromatic rings. The molecular formula is C26H27FN6O2. The summed E-state index contributed by atoms with van der Waals surface area (Å²) < 4.78 is 15.1. The summed E-state index contributed by atoms with van der Waals surface area (Å²) in [5.74, 6) is 0.381. The number of fused-ring (bicyclic) bond motifs is 1. The third-order valence-corrected chi connectivity index (χ3v) is 6.44. The summed E-state index contributed by atoms with van der Waals surface area (Å²) in [5, 5.41) is 10.6. The lowest BCUT2D eigenvalue weighted by Gasteiger charge is -2.38. The molecule has 0 saturated carbocycles. The summed E-state index contributed by atoms with van der Waals surface area (Å²) in [4.78, 5) is 29.3. The van der Waals surface area contributed by atoms with E-state index < -0.39 is 6.04 Å². The molecule has 0 spiro atoms. The number of halogens is 1. The highest BCUT2D eigenvalue weighted by atomic mass is 19.1. The van der Waals surface area contributed by atoms with E-state index in [0.717, 1.165) is 22.8 Å². The van der Waals surface area contributed by atoms with Crippen molar-refractivity contribution in [3.63, 3.8) is 0 Å². The number of anilines is 3. The average molecular weight is 475 g/mol. The minimum absolute atomic E-state index is 0.0363. The molecule has 1 atom stereocenters. The van der Waals surface area contributed by atoms with Crippen LogP contribution >= 0.6 is 0 Å². The zero-order valence-electron chi connectivity index (χ0n) is 19.7. The van der Waals surface area contributed by atoms with E-state index in [1.807, 2.05) is 46.8 Å². The Hall–Kier alpha value is -4.14. The Morgan fingerprint density at radius 1 is 1.00 bits per heavy atom. The number of hydrogen-bond acceptors (Lipinski definition) is 5. The van der Waals surface area contributed by atoms with Gasteiger partial charge in [-0.1, -0.05) is 12.1 Å². The van der Waals surface area contributed by atoms with E-state index in [2.05, 4.69) is 20.6 Å². The predicted molar refractivity (Wildman–Crippen MR) is 133 cm³/mol. The van der Waals surface area contributed by atoms with Crippen LogP contribution in [-0.2, 0) is 9.59 Å². The molecule has 9 heteroatoms. The Morgan fingerprint density at radius 2 is 1.69 bits per heavy atom. The number of aromatic nitrogens is 2. The first-order valence-electron chi connectivity index (χ1n) is 11.6. The first-order valence-corrected chi connectivity index (χ1v) is 11.6. The molecule has 0 bridgehead atoms. The molecule has 5 rings (SSSR count). The summed E-state index contributed by atoms with van der Waals surface area (Å²) in [5.41, 5.74) is 3.98. The fourth-order valence-corrected chi connectivity index (χ4v) is 4.73. The third kappa shape index (κ3) is 4.49. The second kappa shape index (κ2) is 9.25. The fraction of sp³-hybridized carbons (Fsp3) is 0.269. The van der Waals surface area contributed by atoms with Crippen molar-refractivity contribution in [2.45, 2.75) is 19.9 Å². The number of carbonyl (C=O) groups excluding carboxylic acids is 2. The first-order chi connectivity index (χ1) is 16.9. The van der Waals surface area contributed by atoms with Gasteiger partial charge in [-0.25, -0.2) is 9.07 Å². The topological polar surface area (TPSA) is 82.5 Å². The maximum Gasteiger partial charge on any atom is 0.254 e. The van der Waals surface area contributed by atoms with Gasteiger partial charge in [0.15, 0.2) is 0 Å². The van der Waals surface area contributed by atoms with Crippen LogP contribution < -0.4 is 15.5 Å². The SMILES string of the molecule is CC(=O)Nc1ccc(C2C(C(=O)N3CCN(c4ccc(F)cc4)CC3)=C(C)Nc3ccnn32)cc1. The van der Waals surface area contributed by atoms with Crippen molar-refractivity contribution in [3.05, 3.63) is 83.4 Å². The van der Waals surface area contributed by atoms with Crippen LogP contribution in [0.2, 0.25) is 0 Å². The zero-order valence-corrected chi connectivity index (χ0v) is 19.7. The summed E-state index contributed by atoms with van der Waals surface area (Å²) in [6, 6.07) is 15.4. The van der Waals surface area contributed by atoms with Crippen molar-refractivity contribution >= 4 is 29.0 Å². The Bertz CT molecular complexity index is 1270. The number of rotatable bonds is 4. The van der Waals surface area contributed by atoms with Gasteiger partial charge in [0.1, 0.15) is 17.7 Å². The summed E-state index contributed by atoms with van der Waals surface area (Å²) >= 11 is 0. The van der Waals surface area contributed by atoms with Crippen LogP contribution in [0.1, 0.15) is 25.5 Å². The molecule has 0 aliphatic carbocycles. The van der Waals surface area contributed by atoms with E-state index in [1.165, 1.54) is 19.1 Å². The van der Waals surface area contributed by atoms with E-state index in [-0.39, 0.29) is 17.6 Å². The van der Waals surface area contributed by atoms with Crippen LogP contribution in [0.3, 0.4) is 0 Å². The average Bonchev–Trinajstić information content (AvgIpc) is 3.32. The molecule has 1 saturated heterocycles. The quantitative estimate of drug-likeness (QED) is 0.604. The predicted octanol–water partition coefficient (Wildman–Crippen LogP) is 3.62. The van der Waals surface area contributed by atoms with Gasteiger partial charge in [-0.2, -0.15) is 5.10 Å². The van der Waals surface area contributed by atoms with Crippen LogP contribution in [0, 0.1) is 5.82 Å². The highest BCUT2D eigenvalue weighted by Gasteiger charge is 2.35. The minimum Gasteiger partial charge on any atom is -0.368 e. The Morgan fingerprint density at radius 3 is 2.34 bits per heavy atom. The number of piperazine rings is 1. The second-order valence-electron chi connectivity index (χ2n) is 8.79. The molecule has 1 fully saturated rings. The Kier molecular flexibility index (Phi) is 5.98. The van der Waals surface area contributed by atoms with Crippen molar-refractivity contribution in [1.82, 2.24) is 14.7 Å². The molecule has 2 N–H and O–H groups in total. The van der Waals surface area contributed by atoms with Gasteiger partial charge >= 0.3 is 0 Å². The lowest BCUT2D eigenvalue weighted by Crippen LogP contribution is -2.50. The number of amides is 2. The smallest absolute Gasteiger partial charge is 0.254 e. The van der Waals surface area contributed by atoms with Crippen molar-refractivity contribution in [2.75, 3.05) is 41.7 Å². The summed E-state index contributed by atoms with van der Waals surface area (Å²) in [6.45, 7) is 5.84. The summed E-state index contributed by atoms with van der Waals surface area (Å²) in [6.07, 6.45) is 1.71. The lowest BCUT2D eigenvalue weighted by atomic mass is 9.94. The molecule has 2 amide bonds. The third-order valence-electron chi connectivity index (χ3n) is 6.44. The van der Waals surface area contributed by atoms with Gasteiger partial charge < -0.3 is 20.4 Å². The van der Waals surface area contributed by atoms with E-state index in [0.29, 0.717) is 37.4 Å². The largest absolute Gasteiger partial charge is 0.368 e. The van der Waals surface area contributed by atoms with Crippen molar-refractivity contribution in [2.24, 2.45) is 0 Å². The maximum absolute atomic E-state index is 13.8. The molecule has 3 heterocycles. The number of allylic oxidation sites excluding steroid dienone is 1. The Labute approximate surface area is 203 Å². The molecule has 8 nitrogen and oxygen atoms in total. The van der Waals surface area contributed by atoms with Gasteiger partial charge in [-0.15, -0.1) is 0 Å². The molecule has 35 heavy (non-hydrogen) atoms. The lowest BCUT2D eigenvalue weighted by molar-refractivity contribution is -0.128. The molecule has 0 radical (unpaired) electrons. The standard InChI is InChI=1S/C26H27FN6O2/c1-17-24(26(35)32-15-13-31(14-16-32)22-9-5-20(27)6-10-22)25(33-23(29-17)11-12-28-33)19-3-7-21(8-4-19)30-18(2)34/h3-12,25,29H,13-16H2,1-2H3,(H,30,34). The van der Waals surface area contributed by atoms with Crippen molar-refractivity contribution in [3.8, 4) is 0 Å². The van der Waals surface area contributed by atoms with Crippen LogP contribution in [0.4, 0.5) is 21.6 Å². The number of nitrogens with one attached hydrogen (secondary N) is 2. The van der Waals surface area contributed by atoms with E-state index in [1.54, 1.807) is 18.3 Å². The molecule has 2 aromatic carbocycles. The molecule has 2 aliphatic rings. The molecular weight excluding hydrogens is 447 g/mol. The van der Waals surface area contributed by atoms with E-state index >= 15 is 0 Å².